The summed E-state index contributed by atoms with van der Waals surface area (Å²) >= 11 is 11.0. The predicted octanol–water partition coefficient (Wildman–Crippen LogP) is 5.25. The average molecular weight is 371 g/mol. The van der Waals surface area contributed by atoms with Crippen molar-refractivity contribution in [2.75, 3.05) is 5.75 Å². The molecule has 0 radical (unpaired) electrons. The maximum absolute atomic E-state index is 12.0. The summed E-state index contributed by atoms with van der Waals surface area (Å²) in [6, 6.07) is 11.1. The molecule has 104 valence electrons. The maximum Gasteiger partial charge on any atom is 0.162 e. The van der Waals surface area contributed by atoms with Crippen LogP contribution in [0.4, 0.5) is 0 Å². The monoisotopic (exact) mass is 369 g/mol. The minimum Gasteiger partial charge on any atom is -0.294 e. The fraction of sp³-hybridized carbons (Fsp3) is 0.200. The third kappa shape index (κ3) is 4.62. The summed E-state index contributed by atoms with van der Waals surface area (Å²) in [7, 11) is 0. The normalized spacial score (nSPS) is 10.5. The highest BCUT2D eigenvalue weighted by atomic mass is 79.9. The van der Waals surface area contributed by atoms with E-state index in [1.807, 2.05) is 36.4 Å². The largest absolute Gasteiger partial charge is 0.294 e. The van der Waals surface area contributed by atoms with Gasteiger partial charge in [0.15, 0.2) is 5.78 Å². The van der Waals surface area contributed by atoms with Crippen molar-refractivity contribution in [3.8, 4) is 0 Å². The van der Waals surface area contributed by atoms with Crippen molar-refractivity contribution < 1.29 is 4.79 Å². The zero-order valence-electron chi connectivity index (χ0n) is 10.7. The first-order chi connectivity index (χ1) is 9.66. The van der Waals surface area contributed by atoms with E-state index in [0.717, 1.165) is 27.2 Å². The lowest BCUT2D eigenvalue weighted by molar-refractivity contribution is 0.0982. The lowest BCUT2D eigenvalue weighted by Crippen LogP contribution is -1.99. The fourth-order valence-corrected chi connectivity index (χ4v) is 3.03. The van der Waals surface area contributed by atoms with Gasteiger partial charge in [0.1, 0.15) is 5.03 Å². The second-order valence-electron chi connectivity index (χ2n) is 4.17. The minimum atomic E-state index is 0.171. The second kappa shape index (κ2) is 7.81. The third-order valence-corrected chi connectivity index (χ3v) is 4.72. The number of Topliss-reactive ketones (excluding diaryl/α,β-unsaturated/α-hetero) is 1. The van der Waals surface area contributed by atoms with Gasteiger partial charge >= 0.3 is 0 Å². The minimum absolute atomic E-state index is 0.171. The summed E-state index contributed by atoms with van der Waals surface area (Å²) in [4.78, 5) is 16.2. The smallest absolute Gasteiger partial charge is 0.162 e. The molecule has 0 aliphatic heterocycles. The number of nitrogens with zero attached hydrogens (tertiary/aromatic N) is 1. The Hall–Kier alpha value is -0.840. The topological polar surface area (TPSA) is 30.0 Å². The fourth-order valence-electron chi connectivity index (χ4n) is 1.66. The molecule has 0 aliphatic rings. The molecular weight excluding hydrogens is 358 g/mol. The van der Waals surface area contributed by atoms with Crippen molar-refractivity contribution in [1.29, 1.82) is 0 Å². The number of halogens is 2. The highest BCUT2D eigenvalue weighted by Crippen LogP contribution is 2.25. The maximum atomic E-state index is 12.0. The van der Waals surface area contributed by atoms with Gasteiger partial charge in [0.2, 0.25) is 0 Å². The van der Waals surface area contributed by atoms with E-state index in [1.54, 1.807) is 18.0 Å². The molecule has 2 aromatic rings. The van der Waals surface area contributed by atoms with Crippen LogP contribution in [0.3, 0.4) is 0 Å². The van der Waals surface area contributed by atoms with Gasteiger partial charge in [-0.25, -0.2) is 4.98 Å². The number of benzene rings is 1. The summed E-state index contributed by atoms with van der Waals surface area (Å²) in [6.07, 6.45) is 3.08. The Morgan fingerprint density at radius 3 is 2.70 bits per heavy atom. The quantitative estimate of drug-likeness (QED) is 0.395. The van der Waals surface area contributed by atoms with Gasteiger partial charge in [0.05, 0.1) is 5.02 Å². The van der Waals surface area contributed by atoms with Crippen molar-refractivity contribution in [2.45, 2.75) is 17.9 Å². The van der Waals surface area contributed by atoms with E-state index < -0.39 is 0 Å². The zero-order chi connectivity index (χ0) is 14.4. The molecule has 5 heteroatoms. The molecule has 0 spiro atoms. The molecular formula is C15H13BrClNOS. The van der Waals surface area contributed by atoms with Gasteiger partial charge in [-0.3, -0.25) is 4.79 Å². The van der Waals surface area contributed by atoms with Gasteiger partial charge in [-0.1, -0.05) is 39.7 Å². The number of thioether (sulfide) groups is 1. The molecule has 0 amide bonds. The van der Waals surface area contributed by atoms with Crippen LogP contribution in [-0.2, 0) is 0 Å². The van der Waals surface area contributed by atoms with Crippen LogP contribution in [0, 0.1) is 0 Å². The Balaban J connectivity index is 1.77. The molecule has 0 saturated heterocycles. The van der Waals surface area contributed by atoms with Crippen molar-refractivity contribution in [3.05, 3.63) is 57.7 Å². The number of hydrogen-bond acceptors (Lipinski definition) is 3. The van der Waals surface area contributed by atoms with Crippen LogP contribution in [0.25, 0.3) is 0 Å². The summed E-state index contributed by atoms with van der Waals surface area (Å²) in [6.45, 7) is 0. The number of aromatic nitrogens is 1. The molecule has 0 N–H and O–H groups in total. The van der Waals surface area contributed by atoms with Crippen molar-refractivity contribution >= 4 is 45.1 Å². The Morgan fingerprint density at radius 1 is 1.25 bits per heavy atom. The van der Waals surface area contributed by atoms with Gasteiger partial charge in [0, 0.05) is 22.7 Å². The molecule has 0 saturated carbocycles. The van der Waals surface area contributed by atoms with Crippen LogP contribution in [0.1, 0.15) is 23.2 Å². The standard InChI is InChI=1S/C15H13BrClNOS/c16-12-7-5-11(6-8-12)14(19)4-2-10-20-15-13(17)3-1-9-18-15/h1,3,5-9H,2,4,10H2. The van der Waals surface area contributed by atoms with Crippen LogP contribution in [0.15, 0.2) is 52.1 Å². The highest BCUT2D eigenvalue weighted by Gasteiger charge is 2.06. The molecule has 0 aliphatic carbocycles. The molecule has 2 rings (SSSR count). The van der Waals surface area contributed by atoms with E-state index in [0.29, 0.717) is 11.4 Å². The number of pyridine rings is 1. The number of carbonyl (C=O) groups is 1. The number of rotatable bonds is 6. The molecule has 1 aromatic heterocycles. The summed E-state index contributed by atoms with van der Waals surface area (Å²) in [5.41, 5.74) is 0.758. The van der Waals surface area contributed by atoms with Crippen molar-refractivity contribution in [3.63, 3.8) is 0 Å². The van der Waals surface area contributed by atoms with Crippen molar-refractivity contribution in [2.24, 2.45) is 0 Å². The van der Waals surface area contributed by atoms with E-state index in [4.69, 9.17) is 11.6 Å². The lowest BCUT2D eigenvalue weighted by Gasteiger charge is -2.03. The third-order valence-electron chi connectivity index (χ3n) is 2.68. The highest BCUT2D eigenvalue weighted by molar-refractivity contribution is 9.10. The SMILES string of the molecule is O=C(CCCSc1ncccc1Cl)c1ccc(Br)cc1. The number of ketones is 1. The Kier molecular flexibility index (Phi) is 6.07. The summed E-state index contributed by atoms with van der Waals surface area (Å²) in [5.74, 6) is 1.00. The average Bonchev–Trinajstić information content (AvgIpc) is 2.46. The van der Waals surface area contributed by atoms with Crippen LogP contribution >= 0.6 is 39.3 Å². The summed E-state index contributed by atoms with van der Waals surface area (Å²) in [5, 5.41) is 1.49. The van der Waals surface area contributed by atoms with Crippen LogP contribution < -0.4 is 0 Å². The Morgan fingerprint density at radius 2 is 2.00 bits per heavy atom. The van der Waals surface area contributed by atoms with E-state index in [2.05, 4.69) is 20.9 Å². The van der Waals surface area contributed by atoms with Gasteiger partial charge in [-0.15, -0.1) is 11.8 Å². The molecule has 0 atom stereocenters. The van der Waals surface area contributed by atoms with Crippen LogP contribution in [-0.4, -0.2) is 16.5 Å². The predicted molar refractivity (Wildman–Crippen MR) is 87.7 cm³/mol. The molecule has 1 aromatic carbocycles. The first-order valence-corrected chi connectivity index (χ1v) is 8.34. The van der Waals surface area contributed by atoms with Gasteiger partial charge in [-0.05, 0) is 36.4 Å². The van der Waals surface area contributed by atoms with Crippen LogP contribution in [0.2, 0.25) is 5.02 Å². The number of hydrogen-bond donors (Lipinski definition) is 0. The Labute approximate surface area is 136 Å². The first-order valence-electron chi connectivity index (χ1n) is 6.19. The first kappa shape index (κ1) is 15.5. The molecule has 0 unspecified atom stereocenters. The second-order valence-corrected chi connectivity index (χ2v) is 6.58. The van der Waals surface area contributed by atoms with Crippen molar-refractivity contribution in [1.82, 2.24) is 4.98 Å². The Bertz CT molecular complexity index is 589. The van der Waals surface area contributed by atoms with Crippen LogP contribution in [0.5, 0.6) is 0 Å². The zero-order valence-corrected chi connectivity index (χ0v) is 13.8. The van der Waals surface area contributed by atoms with Gasteiger partial charge in [-0.2, -0.15) is 0 Å². The van der Waals surface area contributed by atoms with Gasteiger partial charge < -0.3 is 0 Å². The van der Waals surface area contributed by atoms with E-state index in [9.17, 15) is 4.79 Å². The van der Waals surface area contributed by atoms with Gasteiger partial charge in [0.25, 0.3) is 0 Å². The molecule has 0 bridgehead atoms. The summed E-state index contributed by atoms with van der Waals surface area (Å²) < 4.78 is 0.981. The molecule has 0 fully saturated rings. The molecule has 2 nitrogen and oxygen atoms in total. The van der Waals surface area contributed by atoms with E-state index in [1.165, 1.54) is 0 Å². The van der Waals surface area contributed by atoms with E-state index in [-0.39, 0.29) is 5.78 Å². The number of carbonyl (C=O) groups excluding carboxylic acids is 1. The molecule has 20 heavy (non-hydrogen) atoms. The molecule has 1 heterocycles. The lowest BCUT2D eigenvalue weighted by atomic mass is 10.1. The van der Waals surface area contributed by atoms with E-state index >= 15 is 0 Å².